The summed E-state index contributed by atoms with van der Waals surface area (Å²) in [5, 5.41) is 19.5. The lowest BCUT2D eigenvalue weighted by Crippen LogP contribution is -2.15. The van der Waals surface area contributed by atoms with Crippen LogP contribution >= 0.6 is 0 Å². The number of nitrogens with one attached hydrogen (secondary N) is 1. The number of ether oxygens (including phenoxy) is 1. The summed E-state index contributed by atoms with van der Waals surface area (Å²) in [7, 11) is 0. The van der Waals surface area contributed by atoms with Gasteiger partial charge in [0.05, 0.1) is 5.56 Å². The first-order valence-electron chi connectivity index (χ1n) is 10.0. The molecule has 1 aromatic carbocycles. The molecule has 0 aliphatic heterocycles. The van der Waals surface area contributed by atoms with Crippen LogP contribution in [-0.2, 0) is 0 Å². The monoisotopic (exact) mass is 463 g/mol. The molecule has 0 radical (unpaired) electrons. The van der Waals surface area contributed by atoms with Gasteiger partial charge in [0.2, 0.25) is 11.7 Å². The lowest BCUT2D eigenvalue weighted by Gasteiger charge is -2.11. The van der Waals surface area contributed by atoms with Gasteiger partial charge in [0.1, 0.15) is 29.4 Å². The Labute approximate surface area is 192 Å². The molecule has 0 atom stereocenters. The molecule has 12 heteroatoms. The molecule has 0 fully saturated rings. The van der Waals surface area contributed by atoms with Crippen molar-refractivity contribution in [3.05, 3.63) is 72.2 Å². The Kier molecular flexibility index (Phi) is 6.21. The predicted octanol–water partition coefficient (Wildman–Crippen LogP) is 3.59. The van der Waals surface area contributed by atoms with Crippen LogP contribution in [0.2, 0.25) is 0 Å². The van der Waals surface area contributed by atoms with Gasteiger partial charge < -0.3 is 19.7 Å². The number of carboxylic acids is 1. The van der Waals surface area contributed by atoms with Crippen molar-refractivity contribution in [2.45, 2.75) is 19.9 Å². The third-order valence-electron chi connectivity index (χ3n) is 4.58. The van der Waals surface area contributed by atoms with E-state index >= 15 is 0 Å². The molecule has 3 heterocycles. The van der Waals surface area contributed by atoms with Crippen molar-refractivity contribution in [3.63, 3.8) is 0 Å². The summed E-state index contributed by atoms with van der Waals surface area (Å²) in [4.78, 5) is 35.5. The van der Waals surface area contributed by atoms with E-state index in [9.17, 15) is 14.0 Å². The maximum Gasteiger partial charge on any atom is 0.374 e. The predicted molar refractivity (Wildman–Crippen MR) is 117 cm³/mol. The molecule has 0 saturated heterocycles. The van der Waals surface area contributed by atoms with Crippen LogP contribution in [0.1, 0.15) is 40.9 Å². The summed E-state index contributed by atoms with van der Waals surface area (Å²) in [6.45, 7) is 3.94. The highest BCUT2D eigenvalue weighted by atomic mass is 19.1. The van der Waals surface area contributed by atoms with Crippen molar-refractivity contribution in [1.29, 1.82) is 0 Å². The number of benzene rings is 1. The maximum atomic E-state index is 14.4. The lowest BCUT2D eigenvalue weighted by molar-refractivity contribution is 0.0682. The highest BCUT2D eigenvalue weighted by Crippen LogP contribution is 2.24. The van der Waals surface area contributed by atoms with Crippen LogP contribution in [-0.4, -0.2) is 46.7 Å². The zero-order valence-electron chi connectivity index (χ0n) is 18.0. The van der Waals surface area contributed by atoms with E-state index < -0.39 is 23.5 Å². The number of halogens is 1. The highest BCUT2D eigenvalue weighted by Gasteiger charge is 2.17. The van der Waals surface area contributed by atoms with Crippen molar-refractivity contribution in [2.75, 3.05) is 5.32 Å². The number of carbonyl (C=O) groups is 2. The number of carbonyl (C=O) groups excluding carboxylic acids is 1. The van der Waals surface area contributed by atoms with Crippen LogP contribution < -0.4 is 10.1 Å². The van der Waals surface area contributed by atoms with Gasteiger partial charge in [-0.15, -0.1) is 10.2 Å². The van der Waals surface area contributed by atoms with Gasteiger partial charge in [0.25, 0.3) is 5.91 Å². The van der Waals surface area contributed by atoms with Crippen LogP contribution in [0.25, 0.3) is 11.5 Å². The van der Waals surface area contributed by atoms with Crippen LogP contribution in [0, 0.1) is 5.82 Å². The van der Waals surface area contributed by atoms with Crippen LogP contribution in [0.4, 0.5) is 10.2 Å². The van der Waals surface area contributed by atoms with E-state index in [1.165, 1.54) is 24.4 Å². The summed E-state index contributed by atoms with van der Waals surface area (Å²) in [6, 6.07) is 9.91. The fraction of sp³-hybridized carbons (Fsp3) is 0.136. The number of rotatable bonds is 7. The summed E-state index contributed by atoms with van der Waals surface area (Å²) in [6.07, 6.45) is 2.80. The first-order valence-corrected chi connectivity index (χ1v) is 10.0. The molecule has 3 aromatic heterocycles. The molecule has 11 nitrogen and oxygen atoms in total. The molecule has 0 unspecified atom stereocenters. The first-order chi connectivity index (χ1) is 16.3. The molecule has 4 aromatic rings. The SMILES string of the molecule is CC(C)n1cnnc1-c1cccc(NC(=O)c2cc(Oc3ccnc(C(=O)O)n3)ccc2F)n1. The summed E-state index contributed by atoms with van der Waals surface area (Å²) < 4.78 is 21.7. The quantitative estimate of drug-likeness (QED) is 0.420. The third-order valence-corrected chi connectivity index (χ3v) is 4.58. The highest BCUT2D eigenvalue weighted by molar-refractivity contribution is 6.04. The van der Waals surface area contributed by atoms with E-state index in [1.54, 1.807) is 24.5 Å². The average Bonchev–Trinajstić information content (AvgIpc) is 3.31. The second-order valence-corrected chi connectivity index (χ2v) is 7.29. The fourth-order valence-electron chi connectivity index (χ4n) is 2.98. The standard InChI is InChI=1S/C22H18FN7O4/c1-12(2)30-11-25-29-20(30)16-4-3-5-17(26-16)27-21(31)14-10-13(6-7-15(14)23)34-18-8-9-24-19(28-18)22(32)33/h3-12H,1-2H3,(H,32,33)(H,26,27,31). The number of pyridine rings is 1. The molecule has 0 spiro atoms. The fourth-order valence-corrected chi connectivity index (χ4v) is 2.98. The molecular weight excluding hydrogens is 445 g/mol. The second kappa shape index (κ2) is 9.40. The molecule has 172 valence electrons. The molecule has 0 saturated carbocycles. The molecule has 0 bridgehead atoms. The van der Waals surface area contributed by atoms with Crippen LogP contribution in [0.5, 0.6) is 11.6 Å². The number of aromatic nitrogens is 6. The Morgan fingerprint density at radius 1 is 1.15 bits per heavy atom. The Bertz CT molecular complexity index is 1370. The third kappa shape index (κ3) is 4.85. The number of amides is 1. The van der Waals surface area contributed by atoms with Gasteiger partial charge in [-0.25, -0.2) is 19.2 Å². The van der Waals surface area contributed by atoms with Crippen molar-refractivity contribution in [1.82, 2.24) is 29.7 Å². The Balaban J connectivity index is 1.55. The van der Waals surface area contributed by atoms with Gasteiger partial charge in [-0.1, -0.05) is 6.07 Å². The summed E-state index contributed by atoms with van der Waals surface area (Å²) in [5.41, 5.74) is 0.183. The van der Waals surface area contributed by atoms with Gasteiger partial charge in [0, 0.05) is 18.3 Å². The molecule has 34 heavy (non-hydrogen) atoms. The topological polar surface area (TPSA) is 145 Å². The van der Waals surface area contributed by atoms with Gasteiger partial charge in [-0.05, 0) is 44.2 Å². The first kappa shape index (κ1) is 22.5. The van der Waals surface area contributed by atoms with Gasteiger partial charge in [-0.3, -0.25) is 4.79 Å². The smallest absolute Gasteiger partial charge is 0.374 e. The Hall–Kier alpha value is -4.74. The zero-order valence-corrected chi connectivity index (χ0v) is 18.0. The van der Waals surface area contributed by atoms with Crippen molar-refractivity contribution >= 4 is 17.7 Å². The van der Waals surface area contributed by atoms with E-state index in [0.29, 0.717) is 11.5 Å². The van der Waals surface area contributed by atoms with Crippen LogP contribution in [0.15, 0.2) is 55.0 Å². The number of nitrogens with zero attached hydrogens (tertiary/aromatic N) is 6. The van der Waals surface area contributed by atoms with Crippen molar-refractivity contribution < 1.29 is 23.8 Å². The van der Waals surface area contributed by atoms with E-state index in [4.69, 9.17) is 9.84 Å². The number of hydrogen-bond donors (Lipinski definition) is 2. The number of aromatic carboxylic acids is 1. The van der Waals surface area contributed by atoms with E-state index in [0.717, 1.165) is 6.07 Å². The lowest BCUT2D eigenvalue weighted by atomic mass is 10.2. The normalized spacial score (nSPS) is 10.8. The summed E-state index contributed by atoms with van der Waals surface area (Å²) >= 11 is 0. The molecule has 1 amide bonds. The van der Waals surface area contributed by atoms with E-state index in [2.05, 4.69) is 30.5 Å². The Morgan fingerprint density at radius 2 is 1.97 bits per heavy atom. The number of hydrogen-bond acceptors (Lipinski definition) is 8. The Morgan fingerprint density at radius 3 is 2.74 bits per heavy atom. The minimum atomic E-state index is -1.33. The van der Waals surface area contributed by atoms with Crippen LogP contribution in [0.3, 0.4) is 0 Å². The maximum absolute atomic E-state index is 14.4. The molecule has 0 aliphatic rings. The van der Waals surface area contributed by atoms with Gasteiger partial charge >= 0.3 is 5.97 Å². The average molecular weight is 463 g/mol. The van der Waals surface area contributed by atoms with E-state index in [-0.39, 0.29) is 29.1 Å². The van der Waals surface area contributed by atoms with Crippen molar-refractivity contribution in [3.8, 4) is 23.1 Å². The molecule has 4 rings (SSSR count). The second-order valence-electron chi connectivity index (χ2n) is 7.29. The van der Waals surface area contributed by atoms with E-state index in [1.807, 2.05) is 18.4 Å². The largest absolute Gasteiger partial charge is 0.475 e. The summed E-state index contributed by atoms with van der Waals surface area (Å²) in [5.74, 6) is -2.61. The minimum Gasteiger partial charge on any atom is -0.475 e. The number of anilines is 1. The zero-order chi connectivity index (χ0) is 24.2. The van der Waals surface area contributed by atoms with Gasteiger partial charge in [0.15, 0.2) is 5.82 Å². The molecule has 0 aliphatic carbocycles. The minimum absolute atomic E-state index is 0.0750. The van der Waals surface area contributed by atoms with Gasteiger partial charge in [-0.2, -0.15) is 4.98 Å². The number of carboxylic acid groups (broad SMARTS) is 1. The van der Waals surface area contributed by atoms with Crippen molar-refractivity contribution in [2.24, 2.45) is 0 Å². The molecule has 2 N–H and O–H groups in total. The molecular formula is C22H18FN7O4.